The van der Waals surface area contributed by atoms with Gasteiger partial charge < -0.3 is 14.8 Å². The lowest BCUT2D eigenvalue weighted by molar-refractivity contribution is -0.119. The van der Waals surface area contributed by atoms with Crippen LogP contribution in [0.5, 0.6) is 5.75 Å². The van der Waals surface area contributed by atoms with E-state index in [2.05, 4.69) is 12.2 Å². The van der Waals surface area contributed by atoms with Crippen molar-refractivity contribution >= 4 is 29.2 Å². The van der Waals surface area contributed by atoms with E-state index in [0.29, 0.717) is 28.6 Å². The molecule has 5 nitrogen and oxygen atoms in total. The Balaban J connectivity index is 1.75. The van der Waals surface area contributed by atoms with E-state index in [1.165, 1.54) is 12.8 Å². The number of nitrogens with one attached hydrogen (secondary N) is 1. The molecular weight excluding hydrogens is 366 g/mol. The Morgan fingerprint density at radius 1 is 1.00 bits per heavy atom. The van der Waals surface area contributed by atoms with Crippen LogP contribution < -0.4 is 10.1 Å². The van der Waals surface area contributed by atoms with Gasteiger partial charge >= 0.3 is 5.97 Å². The van der Waals surface area contributed by atoms with Crippen molar-refractivity contribution in [3.63, 3.8) is 0 Å². The zero-order chi connectivity index (χ0) is 19.5. The van der Waals surface area contributed by atoms with Crippen LogP contribution in [0.25, 0.3) is 0 Å². The second-order valence-electron chi connectivity index (χ2n) is 6.04. The van der Waals surface area contributed by atoms with Crippen molar-refractivity contribution in [1.82, 2.24) is 0 Å². The minimum absolute atomic E-state index is 0.360. The number of para-hydroxylation sites is 1. The molecule has 0 saturated heterocycles. The van der Waals surface area contributed by atoms with Crippen LogP contribution in [-0.2, 0) is 9.53 Å². The van der Waals surface area contributed by atoms with Crippen LogP contribution in [0.3, 0.4) is 0 Å². The Bertz CT molecular complexity index is 746. The number of amides is 1. The Morgan fingerprint density at radius 2 is 1.74 bits per heavy atom. The van der Waals surface area contributed by atoms with Crippen molar-refractivity contribution in [3.05, 3.63) is 59.1 Å². The third-order valence-corrected chi connectivity index (χ3v) is 4.17. The number of unbranched alkanes of at least 4 members (excludes halogenated alkanes) is 3. The molecule has 2 aromatic rings. The summed E-state index contributed by atoms with van der Waals surface area (Å²) in [6.45, 7) is 2.44. The van der Waals surface area contributed by atoms with Crippen LogP contribution in [0, 0.1) is 0 Å². The molecule has 1 amide bonds. The quantitative estimate of drug-likeness (QED) is 0.453. The molecule has 2 aromatic carbocycles. The highest BCUT2D eigenvalue weighted by atomic mass is 35.5. The predicted octanol–water partition coefficient (Wildman–Crippen LogP) is 5.09. The number of benzene rings is 2. The Kier molecular flexibility index (Phi) is 8.65. The van der Waals surface area contributed by atoms with Gasteiger partial charge in [0.15, 0.2) is 6.61 Å². The molecule has 0 unspecified atom stereocenters. The fourth-order valence-electron chi connectivity index (χ4n) is 2.37. The molecule has 0 bridgehead atoms. The van der Waals surface area contributed by atoms with Gasteiger partial charge in [0, 0.05) is 0 Å². The van der Waals surface area contributed by atoms with Crippen LogP contribution >= 0.6 is 11.6 Å². The van der Waals surface area contributed by atoms with E-state index in [9.17, 15) is 9.59 Å². The highest BCUT2D eigenvalue weighted by Gasteiger charge is 2.11. The lowest BCUT2D eigenvalue weighted by atomic mass is 10.2. The molecule has 0 aliphatic rings. The molecule has 0 atom stereocenters. The number of esters is 1. The Labute approximate surface area is 164 Å². The standard InChI is InChI=1S/C21H24ClNO4/c1-2-3-4-7-14-26-17-12-10-16(11-13-17)21(25)27-15-20(24)23-19-9-6-5-8-18(19)22/h5-6,8-13H,2-4,7,14-15H2,1H3,(H,23,24). The van der Waals surface area contributed by atoms with Gasteiger partial charge in [0.25, 0.3) is 5.91 Å². The molecule has 0 spiro atoms. The zero-order valence-corrected chi connectivity index (χ0v) is 16.1. The summed E-state index contributed by atoms with van der Waals surface area (Å²) < 4.78 is 10.7. The van der Waals surface area contributed by atoms with E-state index in [4.69, 9.17) is 21.1 Å². The maximum absolute atomic E-state index is 12.0. The van der Waals surface area contributed by atoms with E-state index < -0.39 is 11.9 Å². The largest absolute Gasteiger partial charge is 0.494 e. The van der Waals surface area contributed by atoms with Crippen molar-refractivity contribution in [2.75, 3.05) is 18.5 Å². The maximum Gasteiger partial charge on any atom is 0.338 e. The van der Waals surface area contributed by atoms with Crippen molar-refractivity contribution in [2.24, 2.45) is 0 Å². The molecule has 0 aliphatic heterocycles. The summed E-state index contributed by atoms with van der Waals surface area (Å²) in [7, 11) is 0. The van der Waals surface area contributed by atoms with E-state index in [0.717, 1.165) is 12.8 Å². The monoisotopic (exact) mass is 389 g/mol. The van der Waals surface area contributed by atoms with E-state index in [1.54, 1.807) is 48.5 Å². The summed E-state index contributed by atoms with van der Waals surface area (Å²) in [5.41, 5.74) is 0.833. The second kappa shape index (κ2) is 11.2. The average Bonchev–Trinajstić information content (AvgIpc) is 2.68. The smallest absolute Gasteiger partial charge is 0.338 e. The summed E-state index contributed by atoms with van der Waals surface area (Å²) in [6.07, 6.45) is 4.56. The van der Waals surface area contributed by atoms with Crippen LogP contribution in [0.1, 0.15) is 43.0 Å². The third-order valence-electron chi connectivity index (χ3n) is 3.84. The third kappa shape index (κ3) is 7.31. The number of rotatable bonds is 10. The first-order valence-corrected chi connectivity index (χ1v) is 9.42. The first-order valence-electron chi connectivity index (χ1n) is 9.04. The summed E-state index contributed by atoms with van der Waals surface area (Å²) in [4.78, 5) is 23.9. The van der Waals surface area contributed by atoms with Crippen molar-refractivity contribution in [2.45, 2.75) is 32.6 Å². The molecule has 0 heterocycles. The topological polar surface area (TPSA) is 64.6 Å². The SMILES string of the molecule is CCCCCCOc1ccc(C(=O)OCC(=O)Nc2ccccc2Cl)cc1. The van der Waals surface area contributed by atoms with Gasteiger partial charge in [0.2, 0.25) is 0 Å². The maximum atomic E-state index is 12.0. The minimum atomic E-state index is -0.571. The molecule has 2 rings (SSSR count). The Morgan fingerprint density at radius 3 is 2.44 bits per heavy atom. The lowest BCUT2D eigenvalue weighted by Crippen LogP contribution is -2.21. The van der Waals surface area contributed by atoms with Crippen LogP contribution in [-0.4, -0.2) is 25.1 Å². The van der Waals surface area contributed by atoms with Gasteiger partial charge in [-0.25, -0.2) is 4.79 Å². The molecule has 0 aliphatic carbocycles. The van der Waals surface area contributed by atoms with Gasteiger partial charge in [0.05, 0.1) is 22.9 Å². The van der Waals surface area contributed by atoms with E-state index in [-0.39, 0.29) is 6.61 Å². The molecule has 0 radical (unpaired) electrons. The van der Waals surface area contributed by atoms with E-state index >= 15 is 0 Å². The highest BCUT2D eigenvalue weighted by Crippen LogP contribution is 2.20. The number of hydrogen-bond donors (Lipinski definition) is 1. The molecule has 1 N–H and O–H groups in total. The van der Waals surface area contributed by atoms with Crippen LogP contribution in [0.15, 0.2) is 48.5 Å². The normalized spacial score (nSPS) is 10.3. The molecule has 27 heavy (non-hydrogen) atoms. The van der Waals surface area contributed by atoms with Crippen molar-refractivity contribution in [3.8, 4) is 5.75 Å². The fraction of sp³-hybridized carbons (Fsp3) is 0.333. The van der Waals surface area contributed by atoms with Gasteiger partial charge in [-0.05, 0) is 42.8 Å². The van der Waals surface area contributed by atoms with Gasteiger partial charge in [0.1, 0.15) is 5.75 Å². The highest BCUT2D eigenvalue weighted by molar-refractivity contribution is 6.33. The predicted molar refractivity (Wildman–Crippen MR) is 106 cm³/mol. The van der Waals surface area contributed by atoms with Gasteiger partial charge in [-0.2, -0.15) is 0 Å². The molecule has 0 fully saturated rings. The first-order chi connectivity index (χ1) is 13.1. The second-order valence-corrected chi connectivity index (χ2v) is 6.44. The fourth-order valence-corrected chi connectivity index (χ4v) is 2.55. The summed E-state index contributed by atoms with van der Waals surface area (Å²) >= 11 is 5.97. The van der Waals surface area contributed by atoms with Gasteiger partial charge in [-0.15, -0.1) is 0 Å². The van der Waals surface area contributed by atoms with Crippen molar-refractivity contribution in [1.29, 1.82) is 0 Å². The molecule has 0 saturated carbocycles. The molecule has 0 aromatic heterocycles. The summed E-state index contributed by atoms with van der Waals surface area (Å²) in [5.74, 6) is -0.318. The molecular formula is C21H24ClNO4. The first kappa shape index (κ1) is 20.8. The van der Waals surface area contributed by atoms with Crippen LogP contribution in [0.4, 0.5) is 5.69 Å². The zero-order valence-electron chi connectivity index (χ0n) is 15.4. The number of anilines is 1. The average molecular weight is 390 g/mol. The Hall–Kier alpha value is -2.53. The van der Waals surface area contributed by atoms with Gasteiger partial charge in [-0.1, -0.05) is 49.9 Å². The number of carbonyl (C=O) groups excluding carboxylic acids is 2. The number of ether oxygens (including phenoxy) is 2. The number of halogens is 1. The van der Waals surface area contributed by atoms with Gasteiger partial charge in [-0.3, -0.25) is 4.79 Å². The van der Waals surface area contributed by atoms with Crippen molar-refractivity contribution < 1.29 is 19.1 Å². The van der Waals surface area contributed by atoms with Crippen LogP contribution in [0.2, 0.25) is 5.02 Å². The lowest BCUT2D eigenvalue weighted by Gasteiger charge is -2.09. The number of hydrogen-bond acceptors (Lipinski definition) is 4. The summed E-state index contributed by atoms with van der Waals surface area (Å²) in [6, 6.07) is 13.5. The van der Waals surface area contributed by atoms with E-state index in [1.807, 2.05) is 0 Å². The molecule has 6 heteroatoms. The summed E-state index contributed by atoms with van der Waals surface area (Å²) in [5, 5.41) is 3.01. The molecule has 144 valence electrons. The minimum Gasteiger partial charge on any atom is -0.494 e. The number of carbonyl (C=O) groups is 2.